The van der Waals surface area contributed by atoms with Crippen LogP contribution in [0.15, 0.2) is 53.4 Å². The number of nitrogens with one attached hydrogen (secondary N) is 1. The van der Waals surface area contributed by atoms with Crippen molar-refractivity contribution < 1.29 is 22.7 Å². The van der Waals surface area contributed by atoms with E-state index in [9.17, 15) is 18.0 Å². The second-order valence-electron chi connectivity index (χ2n) is 6.99. The van der Waals surface area contributed by atoms with E-state index >= 15 is 0 Å². The molecule has 0 radical (unpaired) electrons. The molecule has 2 rings (SSSR count). The molecule has 7 heteroatoms. The molecule has 0 unspecified atom stereocenters. The van der Waals surface area contributed by atoms with Crippen molar-refractivity contribution in [1.29, 1.82) is 0 Å². The molecule has 2 aromatic carbocycles. The highest BCUT2D eigenvalue weighted by atomic mass is 32.2. The molecular weight excluding hydrogens is 378 g/mol. The van der Waals surface area contributed by atoms with Gasteiger partial charge in [0.1, 0.15) is 6.04 Å². The van der Waals surface area contributed by atoms with Crippen LogP contribution in [0.2, 0.25) is 0 Å². The van der Waals surface area contributed by atoms with E-state index in [1.807, 2.05) is 13.8 Å². The number of aryl methyl sites for hydroxylation is 2. The zero-order valence-electron chi connectivity index (χ0n) is 16.4. The van der Waals surface area contributed by atoms with Gasteiger partial charge in [-0.1, -0.05) is 50.2 Å². The van der Waals surface area contributed by atoms with Crippen LogP contribution < -0.4 is 4.72 Å². The van der Waals surface area contributed by atoms with Gasteiger partial charge >= 0.3 is 5.97 Å². The summed E-state index contributed by atoms with van der Waals surface area (Å²) in [4.78, 5) is 24.6. The van der Waals surface area contributed by atoms with Gasteiger partial charge in [-0.25, -0.2) is 8.42 Å². The van der Waals surface area contributed by atoms with Gasteiger partial charge in [-0.05, 0) is 43.0 Å². The Balaban J connectivity index is 2.10. The first-order chi connectivity index (χ1) is 13.1. The lowest BCUT2D eigenvalue weighted by Crippen LogP contribution is -2.45. The number of benzene rings is 2. The fourth-order valence-electron chi connectivity index (χ4n) is 2.51. The summed E-state index contributed by atoms with van der Waals surface area (Å²) in [7, 11) is -3.92. The monoisotopic (exact) mass is 403 g/mol. The van der Waals surface area contributed by atoms with Crippen LogP contribution in [0.4, 0.5) is 0 Å². The van der Waals surface area contributed by atoms with Crippen molar-refractivity contribution in [3.05, 3.63) is 65.2 Å². The average molecular weight is 404 g/mol. The Morgan fingerprint density at radius 2 is 1.64 bits per heavy atom. The Bertz CT molecular complexity index is 952. The summed E-state index contributed by atoms with van der Waals surface area (Å²) < 4.78 is 32.9. The zero-order valence-corrected chi connectivity index (χ0v) is 17.2. The molecular formula is C21H25NO5S. The molecule has 0 heterocycles. The van der Waals surface area contributed by atoms with Gasteiger partial charge in [-0.15, -0.1) is 0 Å². The minimum absolute atomic E-state index is 0.0782. The maximum Gasteiger partial charge on any atom is 0.324 e. The molecule has 0 aliphatic rings. The number of hydrogen-bond donors (Lipinski definition) is 1. The van der Waals surface area contributed by atoms with Crippen molar-refractivity contribution in [3.8, 4) is 0 Å². The first kappa shape index (κ1) is 21.8. The zero-order chi connectivity index (χ0) is 20.9. The molecule has 6 nitrogen and oxygen atoms in total. The molecule has 0 aliphatic heterocycles. The molecule has 1 N–H and O–H groups in total. The van der Waals surface area contributed by atoms with Gasteiger partial charge in [-0.3, -0.25) is 9.59 Å². The number of ether oxygens (including phenoxy) is 1. The topological polar surface area (TPSA) is 89.5 Å². The number of ketones is 1. The Labute approximate surface area is 166 Å². The number of sulfonamides is 1. The van der Waals surface area contributed by atoms with Crippen molar-refractivity contribution in [2.75, 3.05) is 6.61 Å². The lowest BCUT2D eigenvalue weighted by Gasteiger charge is -2.21. The van der Waals surface area contributed by atoms with Crippen LogP contribution in [-0.4, -0.2) is 32.8 Å². The molecule has 0 saturated carbocycles. The molecule has 0 aliphatic carbocycles. The lowest BCUT2D eigenvalue weighted by molar-refractivity contribution is -0.145. The highest BCUT2D eigenvalue weighted by Crippen LogP contribution is 2.17. The summed E-state index contributed by atoms with van der Waals surface area (Å²) in [5, 5.41) is 0. The molecule has 0 spiro atoms. The number of hydrogen-bond acceptors (Lipinski definition) is 5. The van der Waals surface area contributed by atoms with E-state index in [2.05, 4.69) is 4.72 Å². The number of rotatable bonds is 8. The summed E-state index contributed by atoms with van der Waals surface area (Å²) in [6.07, 6.45) is 0. The minimum atomic E-state index is -3.92. The predicted molar refractivity (Wildman–Crippen MR) is 107 cm³/mol. The van der Waals surface area contributed by atoms with Crippen molar-refractivity contribution in [3.63, 3.8) is 0 Å². The molecule has 0 saturated heterocycles. The molecule has 0 amide bonds. The van der Waals surface area contributed by atoms with Crippen LogP contribution in [-0.2, 0) is 19.6 Å². The van der Waals surface area contributed by atoms with Crippen LogP contribution in [0.5, 0.6) is 0 Å². The van der Waals surface area contributed by atoms with E-state index in [0.29, 0.717) is 5.56 Å². The van der Waals surface area contributed by atoms with Gasteiger partial charge in [0, 0.05) is 5.56 Å². The van der Waals surface area contributed by atoms with E-state index in [1.54, 1.807) is 56.3 Å². The van der Waals surface area contributed by atoms with E-state index < -0.39 is 28.6 Å². The van der Waals surface area contributed by atoms with Gasteiger partial charge in [0.2, 0.25) is 10.0 Å². The van der Waals surface area contributed by atoms with Crippen molar-refractivity contribution in [2.24, 2.45) is 5.92 Å². The van der Waals surface area contributed by atoms with Crippen LogP contribution >= 0.6 is 0 Å². The average Bonchev–Trinajstić information content (AvgIpc) is 2.66. The van der Waals surface area contributed by atoms with E-state index in [4.69, 9.17) is 4.74 Å². The quantitative estimate of drug-likeness (QED) is 0.541. The Kier molecular flexibility index (Phi) is 7.10. The Morgan fingerprint density at radius 1 is 1.00 bits per heavy atom. The fraction of sp³-hybridized carbons (Fsp3) is 0.333. The second kappa shape index (κ2) is 9.12. The Hall–Kier alpha value is -2.51. The third kappa shape index (κ3) is 5.50. The molecule has 1 atom stereocenters. The first-order valence-electron chi connectivity index (χ1n) is 8.96. The van der Waals surface area contributed by atoms with E-state index in [1.165, 1.54) is 6.07 Å². The van der Waals surface area contributed by atoms with Gasteiger partial charge in [-0.2, -0.15) is 4.72 Å². The number of carbonyl (C=O) groups excluding carboxylic acids is 2. The van der Waals surface area contributed by atoms with Crippen LogP contribution in [0.3, 0.4) is 0 Å². The smallest absolute Gasteiger partial charge is 0.324 e. The van der Waals surface area contributed by atoms with Gasteiger partial charge in [0.15, 0.2) is 12.4 Å². The van der Waals surface area contributed by atoms with Crippen LogP contribution in [0.25, 0.3) is 0 Å². The normalized spacial score (nSPS) is 12.6. The van der Waals surface area contributed by atoms with Gasteiger partial charge in [0.05, 0.1) is 4.90 Å². The predicted octanol–water partition coefficient (Wildman–Crippen LogP) is 3.03. The van der Waals surface area contributed by atoms with Gasteiger partial charge in [0.25, 0.3) is 0 Å². The molecule has 150 valence electrons. The number of esters is 1. The second-order valence-corrected chi connectivity index (χ2v) is 8.70. The number of carbonyl (C=O) groups is 2. The Morgan fingerprint density at radius 3 is 2.21 bits per heavy atom. The molecule has 0 bridgehead atoms. The largest absolute Gasteiger partial charge is 0.456 e. The third-order valence-electron chi connectivity index (χ3n) is 4.43. The van der Waals surface area contributed by atoms with E-state index in [-0.39, 0.29) is 16.6 Å². The van der Waals surface area contributed by atoms with Crippen LogP contribution in [0.1, 0.15) is 35.3 Å². The lowest BCUT2D eigenvalue weighted by atomic mass is 10.1. The summed E-state index contributed by atoms with van der Waals surface area (Å²) in [6.45, 7) is 6.66. The van der Waals surface area contributed by atoms with Crippen molar-refractivity contribution >= 4 is 21.8 Å². The highest BCUT2D eigenvalue weighted by Gasteiger charge is 2.30. The van der Waals surface area contributed by atoms with Crippen molar-refractivity contribution in [2.45, 2.75) is 38.6 Å². The molecule has 0 aromatic heterocycles. The fourth-order valence-corrected chi connectivity index (χ4v) is 3.92. The molecule has 28 heavy (non-hydrogen) atoms. The van der Waals surface area contributed by atoms with Crippen LogP contribution in [0, 0.1) is 19.8 Å². The maximum atomic E-state index is 12.7. The number of Topliss-reactive ketones (excluding diaryl/α,β-unsaturated/α-hetero) is 1. The van der Waals surface area contributed by atoms with E-state index in [0.717, 1.165) is 11.1 Å². The standard InChI is InChI=1S/C21H25NO5S/c1-14(2)20(21(24)27-13-19(23)17-8-6-5-7-9-17)22-28(25,26)18-11-10-15(3)16(4)12-18/h5-12,14,20,22H,13H2,1-4H3/t20-/m1/s1. The third-order valence-corrected chi connectivity index (χ3v) is 5.87. The summed E-state index contributed by atoms with van der Waals surface area (Å²) in [6, 6.07) is 12.1. The molecule has 2 aromatic rings. The minimum Gasteiger partial charge on any atom is -0.456 e. The summed E-state index contributed by atoms with van der Waals surface area (Å²) >= 11 is 0. The van der Waals surface area contributed by atoms with Crippen molar-refractivity contribution in [1.82, 2.24) is 4.72 Å². The SMILES string of the molecule is Cc1ccc(S(=O)(=O)N[C@@H](C(=O)OCC(=O)c2ccccc2)C(C)C)cc1C. The highest BCUT2D eigenvalue weighted by molar-refractivity contribution is 7.89. The summed E-state index contributed by atoms with van der Waals surface area (Å²) in [5.74, 6) is -1.50. The van der Waals surface area contributed by atoms with Gasteiger partial charge < -0.3 is 4.74 Å². The maximum absolute atomic E-state index is 12.7. The summed E-state index contributed by atoms with van der Waals surface area (Å²) in [5.41, 5.74) is 2.23. The first-order valence-corrected chi connectivity index (χ1v) is 10.4. The molecule has 0 fully saturated rings.